The minimum absolute atomic E-state index is 0.0732. The highest BCUT2D eigenvalue weighted by Gasteiger charge is 2.30. The van der Waals surface area contributed by atoms with Crippen LogP contribution in [0, 0.1) is 12.8 Å². The molecule has 1 fully saturated rings. The molecule has 1 aromatic carbocycles. The molecule has 0 aromatic heterocycles. The lowest BCUT2D eigenvalue weighted by Crippen LogP contribution is -2.36. The van der Waals surface area contributed by atoms with E-state index in [-0.39, 0.29) is 5.54 Å². The van der Waals surface area contributed by atoms with Crippen LogP contribution in [0.5, 0.6) is 0 Å². The normalized spacial score (nSPS) is 28.9. The zero-order chi connectivity index (χ0) is 13.0. The Morgan fingerprint density at radius 2 is 1.89 bits per heavy atom. The molecule has 2 N–H and O–H groups in total. The van der Waals surface area contributed by atoms with Gasteiger partial charge in [-0.05, 0) is 37.7 Å². The molecule has 0 saturated heterocycles. The van der Waals surface area contributed by atoms with Crippen molar-refractivity contribution in [2.75, 3.05) is 0 Å². The van der Waals surface area contributed by atoms with Gasteiger partial charge >= 0.3 is 0 Å². The SMILES string of the molecule is CCCC1CCCC(N)(c2ccc(C)cc2)CC1. The van der Waals surface area contributed by atoms with E-state index in [9.17, 15) is 0 Å². The van der Waals surface area contributed by atoms with Gasteiger partial charge in [0.2, 0.25) is 0 Å². The first-order chi connectivity index (χ1) is 8.64. The van der Waals surface area contributed by atoms with E-state index in [1.807, 2.05) is 0 Å². The molecule has 0 aliphatic heterocycles. The molecule has 0 radical (unpaired) electrons. The topological polar surface area (TPSA) is 26.0 Å². The minimum Gasteiger partial charge on any atom is -0.321 e. The maximum atomic E-state index is 6.69. The highest BCUT2D eigenvalue weighted by atomic mass is 14.7. The van der Waals surface area contributed by atoms with Crippen molar-refractivity contribution in [1.82, 2.24) is 0 Å². The third kappa shape index (κ3) is 3.14. The molecular formula is C17H27N. The molecule has 1 saturated carbocycles. The van der Waals surface area contributed by atoms with Crippen molar-refractivity contribution in [3.63, 3.8) is 0 Å². The predicted octanol–water partition coefficient (Wildman–Crippen LogP) is 4.53. The van der Waals surface area contributed by atoms with E-state index >= 15 is 0 Å². The summed E-state index contributed by atoms with van der Waals surface area (Å²) < 4.78 is 0. The molecule has 1 nitrogen and oxygen atoms in total. The van der Waals surface area contributed by atoms with E-state index in [0.29, 0.717) is 0 Å². The fraction of sp³-hybridized carbons (Fsp3) is 0.647. The second-order valence-corrected chi connectivity index (χ2v) is 6.11. The highest BCUT2D eigenvalue weighted by molar-refractivity contribution is 5.28. The zero-order valence-electron chi connectivity index (χ0n) is 11.9. The van der Waals surface area contributed by atoms with E-state index < -0.39 is 0 Å². The molecule has 0 bridgehead atoms. The third-order valence-corrected chi connectivity index (χ3v) is 4.56. The molecular weight excluding hydrogens is 218 g/mol. The van der Waals surface area contributed by atoms with Crippen LogP contribution >= 0.6 is 0 Å². The van der Waals surface area contributed by atoms with E-state index in [1.165, 1.54) is 43.2 Å². The van der Waals surface area contributed by atoms with Gasteiger partial charge in [-0.25, -0.2) is 0 Å². The van der Waals surface area contributed by atoms with Crippen molar-refractivity contribution < 1.29 is 0 Å². The summed E-state index contributed by atoms with van der Waals surface area (Å²) in [5.41, 5.74) is 9.27. The molecule has 1 aromatic rings. The fourth-order valence-corrected chi connectivity index (χ4v) is 3.31. The molecule has 1 aliphatic rings. The van der Waals surface area contributed by atoms with Crippen molar-refractivity contribution in [3.05, 3.63) is 35.4 Å². The summed E-state index contributed by atoms with van der Waals surface area (Å²) in [6.07, 6.45) is 8.96. The molecule has 18 heavy (non-hydrogen) atoms. The quantitative estimate of drug-likeness (QED) is 0.778. The van der Waals surface area contributed by atoms with Crippen LogP contribution in [-0.2, 0) is 5.54 Å². The fourth-order valence-electron chi connectivity index (χ4n) is 3.31. The number of benzene rings is 1. The summed E-state index contributed by atoms with van der Waals surface area (Å²) in [5.74, 6) is 0.908. The highest BCUT2D eigenvalue weighted by Crippen LogP contribution is 2.37. The van der Waals surface area contributed by atoms with Gasteiger partial charge in [-0.3, -0.25) is 0 Å². The summed E-state index contributed by atoms with van der Waals surface area (Å²) in [7, 11) is 0. The van der Waals surface area contributed by atoms with Crippen molar-refractivity contribution in [1.29, 1.82) is 0 Å². The standard InChI is InChI=1S/C17H27N/c1-3-5-15-6-4-12-17(18,13-11-15)16-9-7-14(2)8-10-16/h7-10,15H,3-6,11-13,18H2,1-2H3. The Labute approximate surface area is 112 Å². The molecule has 2 unspecified atom stereocenters. The molecule has 1 aliphatic carbocycles. The van der Waals surface area contributed by atoms with E-state index in [0.717, 1.165) is 18.8 Å². The van der Waals surface area contributed by atoms with Gasteiger partial charge in [0.15, 0.2) is 0 Å². The van der Waals surface area contributed by atoms with Crippen LogP contribution < -0.4 is 5.73 Å². The van der Waals surface area contributed by atoms with Gasteiger partial charge in [-0.2, -0.15) is 0 Å². The summed E-state index contributed by atoms with van der Waals surface area (Å²) in [5, 5.41) is 0. The van der Waals surface area contributed by atoms with E-state index in [4.69, 9.17) is 5.73 Å². The summed E-state index contributed by atoms with van der Waals surface area (Å²) in [4.78, 5) is 0. The number of nitrogens with two attached hydrogens (primary N) is 1. The Morgan fingerprint density at radius 1 is 1.17 bits per heavy atom. The number of rotatable bonds is 3. The second kappa shape index (κ2) is 5.88. The first kappa shape index (κ1) is 13.6. The average Bonchev–Trinajstić information content (AvgIpc) is 2.54. The van der Waals surface area contributed by atoms with Crippen molar-refractivity contribution in [2.24, 2.45) is 11.7 Å². The van der Waals surface area contributed by atoms with Gasteiger partial charge in [0.05, 0.1) is 0 Å². The lowest BCUT2D eigenvalue weighted by molar-refractivity contribution is 0.367. The molecule has 0 amide bonds. The van der Waals surface area contributed by atoms with E-state index in [2.05, 4.69) is 38.1 Å². The summed E-state index contributed by atoms with van der Waals surface area (Å²) >= 11 is 0. The van der Waals surface area contributed by atoms with Crippen molar-refractivity contribution >= 4 is 0 Å². The number of hydrogen-bond acceptors (Lipinski definition) is 1. The van der Waals surface area contributed by atoms with Crippen molar-refractivity contribution in [2.45, 2.75) is 64.3 Å². The molecule has 1 heteroatoms. The van der Waals surface area contributed by atoms with Crippen LogP contribution in [0.3, 0.4) is 0 Å². The summed E-state index contributed by atoms with van der Waals surface area (Å²) in [6.45, 7) is 4.43. The maximum absolute atomic E-state index is 6.69. The average molecular weight is 245 g/mol. The largest absolute Gasteiger partial charge is 0.321 e. The maximum Gasteiger partial charge on any atom is 0.0409 e. The Balaban J connectivity index is 2.09. The van der Waals surface area contributed by atoms with Crippen LogP contribution in [0.2, 0.25) is 0 Å². The summed E-state index contributed by atoms with van der Waals surface area (Å²) in [6, 6.07) is 8.85. The van der Waals surface area contributed by atoms with Crippen LogP contribution in [0.25, 0.3) is 0 Å². The van der Waals surface area contributed by atoms with E-state index in [1.54, 1.807) is 0 Å². The molecule has 100 valence electrons. The number of aryl methyl sites for hydroxylation is 1. The minimum atomic E-state index is -0.0732. The monoisotopic (exact) mass is 245 g/mol. The lowest BCUT2D eigenvalue weighted by Gasteiger charge is -2.29. The Hall–Kier alpha value is -0.820. The molecule has 0 spiro atoms. The van der Waals surface area contributed by atoms with Crippen LogP contribution in [0.1, 0.15) is 63.0 Å². The smallest absolute Gasteiger partial charge is 0.0409 e. The Bertz CT molecular complexity index is 368. The van der Waals surface area contributed by atoms with Crippen LogP contribution in [-0.4, -0.2) is 0 Å². The second-order valence-electron chi connectivity index (χ2n) is 6.11. The molecule has 0 heterocycles. The van der Waals surface area contributed by atoms with Gasteiger partial charge in [0.25, 0.3) is 0 Å². The van der Waals surface area contributed by atoms with Crippen LogP contribution in [0.4, 0.5) is 0 Å². The molecule has 2 rings (SSSR count). The van der Waals surface area contributed by atoms with Gasteiger partial charge < -0.3 is 5.73 Å². The van der Waals surface area contributed by atoms with Crippen molar-refractivity contribution in [3.8, 4) is 0 Å². The number of hydrogen-bond donors (Lipinski definition) is 1. The van der Waals surface area contributed by atoms with Gasteiger partial charge in [-0.1, -0.05) is 62.4 Å². The van der Waals surface area contributed by atoms with Gasteiger partial charge in [-0.15, -0.1) is 0 Å². The Kier molecular flexibility index (Phi) is 4.45. The Morgan fingerprint density at radius 3 is 2.56 bits per heavy atom. The first-order valence-electron chi connectivity index (χ1n) is 7.50. The van der Waals surface area contributed by atoms with Gasteiger partial charge in [0.1, 0.15) is 0 Å². The third-order valence-electron chi connectivity index (χ3n) is 4.56. The predicted molar refractivity (Wildman–Crippen MR) is 78.5 cm³/mol. The molecule has 2 atom stereocenters. The lowest BCUT2D eigenvalue weighted by atomic mass is 9.83. The zero-order valence-corrected chi connectivity index (χ0v) is 11.9. The first-order valence-corrected chi connectivity index (χ1v) is 7.50. The van der Waals surface area contributed by atoms with Gasteiger partial charge in [0, 0.05) is 5.54 Å². The van der Waals surface area contributed by atoms with Crippen LogP contribution in [0.15, 0.2) is 24.3 Å².